The Balaban J connectivity index is 1.69. The third-order valence-corrected chi connectivity index (χ3v) is 5.52. The number of rotatable bonds is 3. The van der Waals surface area contributed by atoms with Gasteiger partial charge in [-0.15, -0.1) is 11.3 Å². The van der Waals surface area contributed by atoms with Crippen LogP contribution in [-0.2, 0) is 4.79 Å². The Kier molecular flexibility index (Phi) is 3.63. The second-order valence-corrected chi connectivity index (χ2v) is 6.99. The highest BCUT2D eigenvalue weighted by molar-refractivity contribution is 7.10. The van der Waals surface area contributed by atoms with Crippen molar-refractivity contribution in [2.75, 3.05) is 6.54 Å². The Morgan fingerprint density at radius 3 is 2.89 bits per heavy atom. The van der Waals surface area contributed by atoms with Gasteiger partial charge in [0.15, 0.2) is 0 Å². The van der Waals surface area contributed by atoms with E-state index in [1.165, 1.54) is 17.7 Å². The van der Waals surface area contributed by atoms with E-state index in [0.717, 1.165) is 32.2 Å². The molecule has 2 aliphatic rings. The van der Waals surface area contributed by atoms with Crippen LogP contribution in [0.4, 0.5) is 0 Å². The summed E-state index contributed by atoms with van der Waals surface area (Å²) in [6.07, 6.45) is 7.13. The quantitative estimate of drug-likeness (QED) is 0.923. The van der Waals surface area contributed by atoms with Crippen molar-refractivity contribution in [3.8, 4) is 0 Å². The Morgan fingerprint density at radius 2 is 2.21 bits per heavy atom. The molecule has 19 heavy (non-hydrogen) atoms. The largest absolute Gasteiger partial charge is 0.335 e. The van der Waals surface area contributed by atoms with Crippen molar-refractivity contribution in [3.05, 3.63) is 22.4 Å². The number of carbonyl (C=O) groups is 1. The number of hydrogen-bond acceptors (Lipinski definition) is 3. The standard InChI is InChI=1S/C15H22N2OS/c16-15(7-1-2-8-15)11-14(18)17-9-3-5-12(17)13-6-4-10-19-13/h4,6,10,12H,1-3,5,7-9,11,16H2. The summed E-state index contributed by atoms with van der Waals surface area (Å²) in [7, 11) is 0. The van der Waals surface area contributed by atoms with E-state index in [4.69, 9.17) is 5.73 Å². The fourth-order valence-corrected chi connectivity index (χ4v) is 4.37. The molecule has 1 aromatic rings. The predicted octanol–water partition coefficient (Wildman–Crippen LogP) is 3.07. The van der Waals surface area contributed by atoms with Crippen molar-refractivity contribution < 1.29 is 4.79 Å². The number of carbonyl (C=O) groups excluding carboxylic acids is 1. The van der Waals surface area contributed by atoms with Crippen molar-refractivity contribution in [1.82, 2.24) is 4.90 Å². The molecular formula is C15H22N2OS. The van der Waals surface area contributed by atoms with E-state index in [1.54, 1.807) is 11.3 Å². The van der Waals surface area contributed by atoms with E-state index in [1.807, 2.05) is 0 Å². The van der Waals surface area contributed by atoms with Crippen molar-refractivity contribution in [3.63, 3.8) is 0 Å². The molecule has 3 nitrogen and oxygen atoms in total. The van der Waals surface area contributed by atoms with Crippen molar-refractivity contribution >= 4 is 17.2 Å². The SMILES string of the molecule is NC1(CC(=O)N2CCCC2c2cccs2)CCCC1. The summed E-state index contributed by atoms with van der Waals surface area (Å²) in [5, 5.41) is 2.09. The summed E-state index contributed by atoms with van der Waals surface area (Å²) in [6.45, 7) is 0.900. The molecule has 1 aromatic heterocycles. The molecule has 104 valence electrons. The lowest BCUT2D eigenvalue weighted by atomic mass is 9.94. The van der Waals surface area contributed by atoms with Gasteiger partial charge in [0.05, 0.1) is 6.04 Å². The van der Waals surface area contributed by atoms with Gasteiger partial charge in [0.25, 0.3) is 0 Å². The van der Waals surface area contributed by atoms with Crippen LogP contribution >= 0.6 is 11.3 Å². The maximum Gasteiger partial charge on any atom is 0.224 e. The zero-order chi connectivity index (χ0) is 13.3. The molecule has 1 aliphatic carbocycles. The number of likely N-dealkylation sites (tertiary alicyclic amines) is 1. The number of thiophene rings is 1. The minimum Gasteiger partial charge on any atom is -0.335 e. The molecule has 1 saturated carbocycles. The van der Waals surface area contributed by atoms with Gasteiger partial charge in [-0.3, -0.25) is 4.79 Å². The Bertz CT molecular complexity index is 437. The van der Waals surface area contributed by atoms with E-state index >= 15 is 0 Å². The van der Waals surface area contributed by atoms with Gasteiger partial charge in [-0.25, -0.2) is 0 Å². The van der Waals surface area contributed by atoms with Crippen LogP contribution in [0.2, 0.25) is 0 Å². The van der Waals surface area contributed by atoms with E-state index < -0.39 is 0 Å². The van der Waals surface area contributed by atoms with Crippen LogP contribution in [0.25, 0.3) is 0 Å². The van der Waals surface area contributed by atoms with Gasteiger partial charge in [0, 0.05) is 23.4 Å². The number of amides is 1. The van der Waals surface area contributed by atoms with Gasteiger partial charge in [-0.1, -0.05) is 18.9 Å². The first-order valence-corrected chi connectivity index (χ1v) is 8.18. The van der Waals surface area contributed by atoms with E-state index in [2.05, 4.69) is 22.4 Å². The zero-order valence-electron chi connectivity index (χ0n) is 11.3. The fraction of sp³-hybridized carbons (Fsp3) is 0.667. The molecule has 3 rings (SSSR count). The van der Waals surface area contributed by atoms with Crippen LogP contribution in [-0.4, -0.2) is 22.9 Å². The molecule has 1 unspecified atom stereocenters. The maximum absolute atomic E-state index is 12.6. The molecule has 1 amide bonds. The van der Waals surface area contributed by atoms with Crippen LogP contribution in [0.5, 0.6) is 0 Å². The predicted molar refractivity (Wildman–Crippen MR) is 78.0 cm³/mol. The smallest absolute Gasteiger partial charge is 0.224 e. The lowest BCUT2D eigenvalue weighted by Crippen LogP contribution is -2.43. The third kappa shape index (κ3) is 2.70. The average Bonchev–Trinajstić information content (AvgIpc) is 3.08. The topological polar surface area (TPSA) is 46.3 Å². The Hall–Kier alpha value is -0.870. The van der Waals surface area contributed by atoms with Crippen LogP contribution in [0, 0.1) is 0 Å². The van der Waals surface area contributed by atoms with E-state index in [9.17, 15) is 4.79 Å². The second kappa shape index (κ2) is 5.25. The molecule has 2 fully saturated rings. The first kappa shape index (κ1) is 13.1. The fourth-order valence-electron chi connectivity index (χ4n) is 3.50. The minimum atomic E-state index is -0.223. The third-order valence-electron chi connectivity index (χ3n) is 4.55. The molecule has 2 N–H and O–H groups in total. The van der Waals surface area contributed by atoms with Crippen LogP contribution in [0.15, 0.2) is 17.5 Å². The highest BCUT2D eigenvalue weighted by Gasteiger charge is 2.37. The zero-order valence-corrected chi connectivity index (χ0v) is 12.1. The number of nitrogens with zero attached hydrogens (tertiary/aromatic N) is 1. The molecule has 2 heterocycles. The van der Waals surface area contributed by atoms with Gasteiger partial charge in [-0.05, 0) is 37.1 Å². The van der Waals surface area contributed by atoms with Crippen LogP contribution in [0.3, 0.4) is 0 Å². The first-order valence-electron chi connectivity index (χ1n) is 7.30. The summed E-state index contributed by atoms with van der Waals surface area (Å²) in [4.78, 5) is 16.0. The second-order valence-electron chi connectivity index (χ2n) is 6.01. The number of nitrogens with two attached hydrogens (primary N) is 1. The highest BCUT2D eigenvalue weighted by Crippen LogP contribution is 2.37. The van der Waals surface area contributed by atoms with Crippen LogP contribution in [0.1, 0.15) is 55.9 Å². The molecule has 1 saturated heterocycles. The van der Waals surface area contributed by atoms with Gasteiger partial charge < -0.3 is 10.6 Å². The van der Waals surface area contributed by atoms with Gasteiger partial charge >= 0.3 is 0 Å². The molecule has 0 spiro atoms. The lowest BCUT2D eigenvalue weighted by Gasteiger charge is -2.29. The maximum atomic E-state index is 12.6. The van der Waals surface area contributed by atoms with Crippen molar-refractivity contribution in [1.29, 1.82) is 0 Å². The van der Waals surface area contributed by atoms with Gasteiger partial charge in [0.1, 0.15) is 0 Å². The molecule has 0 radical (unpaired) electrons. The van der Waals surface area contributed by atoms with Crippen molar-refractivity contribution in [2.45, 2.75) is 56.5 Å². The Labute approximate surface area is 118 Å². The molecule has 1 aliphatic heterocycles. The summed E-state index contributed by atoms with van der Waals surface area (Å²) >= 11 is 1.76. The molecular weight excluding hydrogens is 256 g/mol. The summed E-state index contributed by atoms with van der Waals surface area (Å²) in [6, 6.07) is 4.52. The lowest BCUT2D eigenvalue weighted by molar-refractivity contribution is -0.133. The minimum absolute atomic E-state index is 0.223. The average molecular weight is 278 g/mol. The number of hydrogen-bond donors (Lipinski definition) is 1. The highest BCUT2D eigenvalue weighted by atomic mass is 32.1. The molecule has 4 heteroatoms. The van der Waals surface area contributed by atoms with Crippen molar-refractivity contribution in [2.24, 2.45) is 5.73 Å². The molecule has 1 atom stereocenters. The monoisotopic (exact) mass is 278 g/mol. The normalized spacial score (nSPS) is 25.9. The van der Waals surface area contributed by atoms with Gasteiger partial charge in [-0.2, -0.15) is 0 Å². The summed E-state index contributed by atoms with van der Waals surface area (Å²) in [5.74, 6) is 0.264. The molecule has 0 aromatic carbocycles. The first-order chi connectivity index (χ1) is 9.18. The Morgan fingerprint density at radius 1 is 1.42 bits per heavy atom. The van der Waals surface area contributed by atoms with Crippen LogP contribution < -0.4 is 5.73 Å². The van der Waals surface area contributed by atoms with E-state index in [0.29, 0.717) is 12.5 Å². The summed E-state index contributed by atoms with van der Waals surface area (Å²) in [5.41, 5.74) is 6.12. The van der Waals surface area contributed by atoms with E-state index in [-0.39, 0.29) is 11.4 Å². The van der Waals surface area contributed by atoms with Gasteiger partial charge in [0.2, 0.25) is 5.91 Å². The summed E-state index contributed by atoms with van der Waals surface area (Å²) < 4.78 is 0. The molecule has 0 bridgehead atoms.